The number of allylic oxidation sites excluding steroid dienone is 1. The summed E-state index contributed by atoms with van der Waals surface area (Å²) in [5.41, 5.74) is 6.34. The lowest BCUT2D eigenvalue weighted by atomic mass is 10.1. The van der Waals surface area contributed by atoms with E-state index in [2.05, 4.69) is 20.9 Å². The molecule has 0 aliphatic carbocycles. The van der Waals surface area contributed by atoms with E-state index in [9.17, 15) is 9.59 Å². The van der Waals surface area contributed by atoms with E-state index in [1.165, 1.54) is 9.58 Å². The normalized spacial score (nSPS) is 13.1. The molecule has 3 aromatic carbocycles. The molecule has 220 valence electrons. The largest absolute Gasteiger partial charge is 0.378 e. The van der Waals surface area contributed by atoms with Crippen molar-refractivity contribution in [2.24, 2.45) is 5.10 Å². The lowest BCUT2D eigenvalue weighted by Crippen LogP contribution is -2.45. The van der Waals surface area contributed by atoms with Gasteiger partial charge in [-0.05, 0) is 84.1 Å². The summed E-state index contributed by atoms with van der Waals surface area (Å²) in [6, 6.07) is 19.9. The Morgan fingerprint density at radius 1 is 0.860 bits per heavy atom. The summed E-state index contributed by atoms with van der Waals surface area (Å²) in [7, 11) is 3.98. The Kier molecular flexibility index (Phi) is 8.65. The maximum absolute atomic E-state index is 14.1. The predicted molar refractivity (Wildman–Crippen MR) is 165 cm³/mol. The van der Waals surface area contributed by atoms with Crippen molar-refractivity contribution in [1.82, 2.24) is 4.57 Å². The van der Waals surface area contributed by atoms with Crippen molar-refractivity contribution >= 4 is 29.4 Å². The van der Waals surface area contributed by atoms with Gasteiger partial charge in [0.15, 0.2) is 5.49 Å². The van der Waals surface area contributed by atoms with E-state index in [1.807, 2.05) is 50.2 Å². The third-order valence-corrected chi connectivity index (χ3v) is 7.40. The average molecular weight is 581 g/mol. The lowest BCUT2D eigenvalue weighted by molar-refractivity contribution is -0.253. The molecular weight excluding hydrogens is 548 g/mol. The number of rotatable bonds is 9. The maximum Gasteiger partial charge on any atom is 0.282 e. The number of carbonyl (C=O) groups excluding carboxylic acids is 1. The second-order valence-electron chi connectivity index (χ2n) is 10.4. The molecule has 0 saturated heterocycles. The molecule has 1 amide bonds. The van der Waals surface area contributed by atoms with Gasteiger partial charge < -0.3 is 4.90 Å². The first-order valence-corrected chi connectivity index (χ1v) is 13.6. The van der Waals surface area contributed by atoms with Gasteiger partial charge in [-0.3, -0.25) is 24.7 Å². The van der Waals surface area contributed by atoms with Crippen LogP contribution in [0.15, 0.2) is 82.7 Å². The summed E-state index contributed by atoms with van der Waals surface area (Å²) in [6.45, 7) is 3.78. The predicted octanol–water partition coefficient (Wildman–Crippen LogP) is 4.19. The minimum absolute atomic E-state index is 0.00605. The molecular formula is C33H32N4O6. The van der Waals surface area contributed by atoms with E-state index in [1.54, 1.807) is 61.5 Å². The molecule has 2 heterocycles. The highest BCUT2D eigenvalue weighted by molar-refractivity contribution is 6.08. The molecule has 5 rings (SSSR count). The molecule has 0 saturated carbocycles. The summed E-state index contributed by atoms with van der Waals surface area (Å²) < 4.78 is 1.43. The molecule has 1 aliphatic rings. The van der Waals surface area contributed by atoms with Crippen LogP contribution in [0.2, 0.25) is 0 Å². The third-order valence-electron chi connectivity index (χ3n) is 7.40. The van der Waals surface area contributed by atoms with Crippen molar-refractivity contribution in [2.75, 3.05) is 24.0 Å². The van der Waals surface area contributed by atoms with Crippen LogP contribution >= 0.6 is 0 Å². The number of benzene rings is 3. The van der Waals surface area contributed by atoms with Crippen molar-refractivity contribution in [2.45, 2.75) is 27.1 Å². The minimum atomic E-state index is -0.369. The molecule has 1 aliphatic heterocycles. The van der Waals surface area contributed by atoms with Gasteiger partial charge in [0.1, 0.15) is 13.2 Å². The monoisotopic (exact) mass is 580 g/mol. The first-order chi connectivity index (χ1) is 20.7. The zero-order valence-electron chi connectivity index (χ0n) is 24.3. The Hall–Kier alpha value is -4.87. The number of fused-ring (bicyclic) bond motifs is 1. The lowest BCUT2D eigenvalue weighted by Gasteiger charge is -2.13. The molecule has 0 unspecified atom stereocenters. The SMILES string of the molecule is Cc1cc(N(C)C)ccc1/C=C/C=c1\c(C)c2c(n(-c3ccc(COO)cc3)c1=O)=NN(c1ccc(COO)cc1)C2=O. The highest BCUT2D eigenvalue weighted by atomic mass is 17.1. The number of pyridine rings is 1. The molecule has 4 aromatic rings. The van der Waals surface area contributed by atoms with E-state index < -0.39 is 0 Å². The van der Waals surface area contributed by atoms with Gasteiger partial charge in [-0.1, -0.05) is 42.5 Å². The molecule has 0 bridgehead atoms. The first-order valence-electron chi connectivity index (χ1n) is 13.6. The second kappa shape index (κ2) is 12.6. The average Bonchev–Trinajstić information content (AvgIpc) is 3.33. The fourth-order valence-corrected chi connectivity index (χ4v) is 5.00. The molecule has 0 fully saturated rings. The molecule has 2 N–H and O–H groups in total. The van der Waals surface area contributed by atoms with E-state index in [-0.39, 0.29) is 30.2 Å². The number of carbonyl (C=O) groups is 1. The highest BCUT2D eigenvalue weighted by Gasteiger charge is 2.30. The fourth-order valence-electron chi connectivity index (χ4n) is 5.00. The summed E-state index contributed by atoms with van der Waals surface area (Å²) in [4.78, 5) is 38.3. The molecule has 10 nitrogen and oxygen atoms in total. The summed E-state index contributed by atoms with van der Waals surface area (Å²) in [6.07, 6.45) is 5.47. The number of amides is 1. The molecule has 0 radical (unpaired) electrons. The number of nitrogens with zero attached hydrogens (tertiary/aromatic N) is 4. The minimum Gasteiger partial charge on any atom is -0.378 e. The zero-order valence-corrected chi connectivity index (χ0v) is 24.3. The van der Waals surface area contributed by atoms with Crippen LogP contribution in [0, 0.1) is 13.8 Å². The van der Waals surface area contributed by atoms with Gasteiger partial charge in [-0.15, -0.1) is 5.10 Å². The summed E-state index contributed by atoms with van der Waals surface area (Å²) >= 11 is 0. The fraction of sp³-hybridized carbons (Fsp3) is 0.182. The van der Waals surface area contributed by atoms with E-state index in [0.717, 1.165) is 16.8 Å². The van der Waals surface area contributed by atoms with Gasteiger partial charge in [0.2, 0.25) is 0 Å². The van der Waals surface area contributed by atoms with Crippen molar-refractivity contribution in [3.8, 4) is 5.69 Å². The second-order valence-corrected chi connectivity index (χ2v) is 10.4. The number of hydrogen-bond donors (Lipinski definition) is 2. The smallest absolute Gasteiger partial charge is 0.282 e. The summed E-state index contributed by atoms with van der Waals surface area (Å²) in [5, 5.41) is 23.8. The number of anilines is 2. The standard InChI is InChI=1S/C33H32N4O6/c1-21-18-28(35(3)4)17-12-25(21)6-5-7-29-22(2)30-31(36(32(29)38)26-13-8-23(9-14-26)19-42-40)34-37(33(30)39)27-15-10-24(11-16-27)20-43-41/h5-18,40-41H,19-20H2,1-4H3/b6-5+,29-7+. The van der Waals surface area contributed by atoms with Gasteiger partial charge in [0, 0.05) is 25.0 Å². The first kappa shape index (κ1) is 29.6. The van der Waals surface area contributed by atoms with Crippen LogP contribution in [0.1, 0.15) is 38.2 Å². The van der Waals surface area contributed by atoms with Crippen LogP contribution in [-0.4, -0.2) is 35.1 Å². The van der Waals surface area contributed by atoms with Gasteiger partial charge in [0.05, 0.1) is 16.9 Å². The molecule has 0 spiro atoms. The topological polar surface area (TPSA) is 117 Å². The van der Waals surface area contributed by atoms with Crippen LogP contribution in [0.3, 0.4) is 0 Å². The molecule has 1 aromatic heterocycles. The van der Waals surface area contributed by atoms with Crippen LogP contribution < -0.4 is 26.2 Å². The van der Waals surface area contributed by atoms with Gasteiger partial charge in [-0.25, -0.2) is 9.78 Å². The number of aryl methyl sites for hydroxylation is 1. The van der Waals surface area contributed by atoms with Crippen molar-refractivity contribution in [3.05, 3.63) is 127 Å². The van der Waals surface area contributed by atoms with Crippen LogP contribution in [0.4, 0.5) is 11.4 Å². The van der Waals surface area contributed by atoms with Gasteiger partial charge >= 0.3 is 0 Å². The third kappa shape index (κ3) is 5.90. The molecule has 10 heteroatoms. The number of hydrogen-bond acceptors (Lipinski definition) is 8. The maximum atomic E-state index is 14.1. The van der Waals surface area contributed by atoms with Crippen LogP contribution in [0.5, 0.6) is 0 Å². The van der Waals surface area contributed by atoms with E-state index >= 15 is 0 Å². The van der Waals surface area contributed by atoms with Crippen LogP contribution in [-0.2, 0) is 23.0 Å². The Labute approximate surface area is 248 Å². The van der Waals surface area contributed by atoms with Crippen molar-refractivity contribution in [3.63, 3.8) is 0 Å². The van der Waals surface area contributed by atoms with Gasteiger partial charge in [-0.2, -0.15) is 5.01 Å². The van der Waals surface area contributed by atoms with Crippen molar-refractivity contribution < 1.29 is 25.1 Å². The van der Waals surface area contributed by atoms with E-state index in [4.69, 9.17) is 10.5 Å². The zero-order chi connectivity index (χ0) is 30.7. The van der Waals surface area contributed by atoms with Gasteiger partial charge in [0.25, 0.3) is 11.5 Å². The van der Waals surface area contributed by atoms with Crippen LogP contribution in [0.25, 0.3) is 17.8 Å². The van der Waals surface area contributed by atoms with E-state index in [0.29, 0.717) is 38.8 Å². The van der Waals surface area contributed by atoms with Crippen molar-refractivity contribution in [1.29, 1.82) is 0 Å². The summed E-state index contributed by atoms with van der Waals surface area (Å²) in [5.74, 6) is -0.369. The Morgan fingerprint density at radius 3 is 2.02 bits per heavy atom. The molecule has 43 heavy (non-hydrogen) atoms. The highest BCUT2D eigenvalue weighted by Crippen LogP contribution is 2.22. The Balaban J connectivity index is 1.66. The quantitative estimate of drug-likeness (QED) is 0.225. The Bertz CT molecular complexity index is 1880. The number of aromatic nitrogens is 1. The molecule has 0 atom stereocenters. The Morgan fingerprint density at radius 2 is 1.47 bits per heavy atom.